The molecule has 2 saturated heterocycles. The highest BCUT2D eigenvalue weighted by Gasteiger charge is 2.32. The number of hydrogen-bond donors (Lipinski definition) is 1. The Morgan fingerprint density at radius 1 is 0.784 bits per heavy atom. The van der Waals surface area contributed by atoms with Gasteiger partial charge >= 0.3 is 0 Å². The molecule has 0 spiro atoms. The van der Waals surface area contributed by atoms with Gasteiger partial charge < -0.3 is 15.5 Å². The van der Waals surface area contributed by atoms with Gasteiger partial charge in [-0.25, -0.2) is 27.5 Å². The molecule has 2 aromatic carbocycles. The van der Waals surface area contributed by atoms with E-state index in [0.29, 0.717) is 55.5 Å². The Morgan fingerprint density at radius 2 is 1.49 bits per heavy atom. The normalized spacial score (nSPS) is 18.2. The molecule has 0 amide bonds. The first-order valence-corrected chi connectivity index (χ1v) is 12.6. The number of rotatable bonds is 6. The summed E-state index contributed by atoms with van der Waals surface area (Å²) in [4.78, 5) is 15.1. The van der Waals surface area contributed by atoms with Gasteiger partial charge in [0, 0.05) is 38.3 Å². The summed E-state index contributed by atoms with van der Waals surface area (Å²) >= 11 is 0. The number of halogens is 4. The number of piperazine rings is 1. The number of nitrogens with two attached hydrogens (primary N) is 1. The molecule has 10 heteroatoms. The van der Waals surface area contributed by atoms with Crippen molar-refractivity contribution in [2.75, 3.05) is 56.4 Å². The number of nitrogens with zero attached hydrogens (tertiary/aromatic N) is 5. The summed E-state index contributed by atoms with van der Waals surface area (Å²) in [6, 6.07) is 7.98. The molecule has 37 heavy (non-hydrogen) atoms. The van der Waals surface area contributed by atoms with Gasteiger partial charge in [0.05, 0.1) is 11.6 Å². The maximum atomic E-state index is 14.9. The minimum absolute atomic E-state index is 0.177. The number of piperidine rings is 1. The summed E-state index contributed by atoms with van der Waals surface area (Å²) in [6.45, 7) is 4.60. The molecule has 2 aliphatic heterocycles. The molecule has 3 heterocycles. The van der Waals surface area contributed by atoms with Crippen molar-refractivity contribution in [2.24, 2.45) is 0 Å². The van der Waals surface area contributed by atoms with E-state index in [9.17, 15) is 17.6 Å². The van der Waals surface area contributed by atoms with Crippen LogP contribution in [0.3, 0.4) is 0 Å². The first-order valence-electron chi connectivity index (χ1n) is 12.6. The van der Waals surface area contributed by atoms with E-state index in [1.54, 1.807) is 12.1 Å². The van der Waals surface area contributed by atoms with Gasteiger partial charge in [-0.05, 0) is 49.7 Å². The minimum atomic E-state index is -1.43. The monoisotopic (exact) mass is 514 g/mol. The SMILES string of the molecule is Nc1ncnc(N2CCN(C(CN3CCCCC3)c3ccc(F)c(F)c3F)CC2)c1-c1ccc(F)cc1. The molecule has 2 fully saturated rings. The van der Waals surface area contributed by atoms with Crippen LogP contribution in [0.25, 0.3) is 11.1 Å². The predicted molar refractivity (Wildman–Crippen MR) is 135 cm³/mol. The molecule has 0 bridgehead atoms. The van der Waals surface area contributed by atoms with Crippen LogP contribution < -0.4 is 10.6 Å². The van der Waals surface area contributed by atoms with Gasteiger partial charge in [-0.1, -0.05) is 24.6 Å². The van der Waals surface area contributed by atoms with Crippen LogP contribution in [0.5, 0.6) is 0 Å². The molecule has 1 atom stereocenters. The van der Waals surface area contributed by atoms with E-state index < -0.39 is 23.5 Å². The van der Waals surface area contributed by atoms with Crippen LogP contribution in [0.2, 0.25) is 0 Å². The van der Waals surface area contributed by atoms with E-state index in [4.69, 9.17) is 5.73 Å². The number of likely N-dealkylation sites (tertiary alicyclic amines) is 1. The van der Waals surface area contributed by atoms with Crippen molar-refractivity contribution < 1.29 is 17.6 Å². The third-order valence-corrected chi connectivity index (χ3v) is 7.35. The molecule has 0 aliphatic carbocycles. The molecule has 1 aromatic heterocycles. The summed E-state index contributed by atoms with van der Waals surface area (Å²) in [5.41, 5.74) is 7.72. The Labute approximate surface area is 213 Å². The van der Waals surface area contributed by atoms with Crippen LogP contribution in [0.15, 0.2) is 42.7 Å². The highest BCUT2D eigenvalue weighted by molar-refractivity contribution is 5.84. The molecule has 0 saturated carbocycles. The zero-order valence-electron chi connectivity index (χ0n) is 20.5. The lowest BCUT2D eigenvalue weighted by atomic mass is 10.0. The second-order valence-electron chi connectivity index (χ2n) is 9.63. The lowest BCUT2D eigenvalue weighted by molar-refractivity contribution is 0.116. The first-order chi connectivity index (χ1) is 17.9. The standard InChI is InChI=1S/C27H30F4N6/c28-19-6-4-18(5-7-19)23-26(32)33-17-34-27(23)37-14-12-36(13-15-37)22(16-35-10-2-1-3-11-35)20-8-9-21(29)25(31)24(20)30/h4-9,17,22H,1-3,10-16H2,(H2,32,33,34). The van der Waals surface area contributed by atoms with E-state index in [0.717, 1.165) is 38.4 Å². The fourth-order valence-electron chi connectivity index (χ4n) is 5.36. The zero-order chi connectivity index (χ0) is 25.9. The van der Waals surface area contributed by atoms with Crippen molar-refractivity contribution in [1.82, 2.24) is 19.8 Å². The largest absolute Gasteiger partial charge is 0.383 e. The quantitative estimate of drug-likeness (QED) is 0.382. The molecule has 1 unspecified atom stereocenters. The van der Waals surface area contributed by atoms with Crippen molar-refractivity contribution >= 4 is 11.6 Å². The van der Waals surface area contributed by atoms with Crippen molar-refractivity contribution in [3.63, 3.8) is 0 Å². The number of anilines is 2. The van der Waals surface area contributed by atoms with Crippen LogP contribution in [0.1, 0.15) is 30.9 Å². The van der Waals surface area contributed by atoms with Gasteiger partial charge in [0.25, 0.3) is 0 Å². The maximum Gasteiger partial charge on any atom is 0.194 e. The van der Waals surface area contributed by atoms with Crippen LogP contribution >= 0.6 is 0 Å². The second kappa shape index (κ2) is 11.0. The molecule has 2 aliphatic rings. The van der Waals surface area contributed by atoms with Crippen LogP contribution in [0, 0.1) is 23.3 Å². The van der Waals surface area contributed by atoms with E-state index in [2.05, 4.69) is 24.7 Å². The van der Waals surface area contributed by atoms with Crippen molar-refractivity contribution in [1.29, 1.82) is 0 Å². The van der Waals surface area contributed by atoms with Crippen LogP contribution in [-0.4, -0.2) is 65.6 Å². The van der Waals surface area contributed by atoms with Gasteiger partial charge in [0.15, 0.2) is 17.5 Å². The average Bonchev–Trinajstić information content (AvgIpc) is 2.92. The van der Waals surface area contributed by atoms with E-state index in [1.807, 2.05) is 0 Å². The van der Waals surface area contributed by atoms with Gasteiger partial charge in [-0.3, -0.25) is 4.90 Å². The van der Waals surface area contributed by atoms with Gasteiger partial charge in [-0.15, -0.1) is 0 Å². The van der Waals surface area contributed by atoms with Gasteiger partial charge in [0.1, 0.15) is 23.8 Å². The van der Waals surface area contributed by atoms with Crippen LogP contribution in [0.4, 0.5) is 29.2 Å². The molecule has 6 nitrogen and oxygen atoms in total. The lowest BCUT2D eigenvalue weighted by Crippen LogP contribution is -2.50. The van der Waals surface area contributed by atoms with Crippen molar-refractivity contribution in [3.05, 3.63) is 71.6 Å². The topological polar surface area (TPSA) is 61.5 Å². The Morgan fingerprint density at radius 3 is 2.19 bits per heavy atom. The summed E-state index contributed by atoms with van der Waals surface area (Å²) in [5.74, 6) is -3.14. The summed E-state index contributed by atoms with van der Waals surface area (Å²) in [7, 11) is 0. The molecule has 2 N–H and O–H groups in total. The first kappa shape index (κ1) is 25.4. The molecule has 0 radical (unpaired) electrons. The van der Waals surface area contributed by atoms with Gasteiger partial charge in [0.2, 0.25) is 0 Å². The predicted octanol–water partition coefficient (Wildman–Crippen LogP) is 4.63. The third-order valence-electron chi connectivity index (χ3n) is 7.35. The number of nitrogen functional groups attached to an aromatic ring is 1. The van der Waals surface area contributed by atoms with Crippen LogP contribution in [-0.2, 0) is 0 Å². The van der Waals surface area contributed by atoms with Crippen molar-refractivity contribution in [3.8, 4) is 11.1 Å². The summed E-state index contributed by atoms with van der Waals surface area (Å²) < 4.78 is 56.4. The van der Waals surface area contributed by atoms with Gasteiger partial charge in [-0.2, -0.15) is 0 Å². The third kappa shape index (κ3) is 5.40. The number of benzene rings is 2. The zero-order valence-corrected chi connectivity index (χ0v) is 20.5. The summed E-state index contributed by atoms with van der Waals surface area (Å²) in [5, 5.41) is 0. The lowest BCUT2D eigenvalue weighted by Gasteiger charge is -2.42. The second-order valence-corrected chi connectivity index (χ2v) is 9.63. The van der Waals surface area contributed by atoms with E-state index >= 15 is 0 Å². The molecular formula is C27H30F4N6. The Hall–Kier alpha value is -3.24. The fourth-order valence-corrected chi connectivity index (χ4v) is 5.36. The highest BCUT2D eigenvalue weighted by atomic mass is 19.2. The van der Waals surface area contributed by atoms with E-state index in [-0.39, 0.29) is 11.4 Å². The maximum absolute atomic E-state index is 14.9. The summed E-state index contributed by atoms with van der Waals surface area (Å²) in [6.07, 6.45) is 4.71. The molecular weight excluding hydrogens is 484 g/mol. The molecule has 5 rings (SSSR count). The average molecular weight is 515 g/mol. The highest BCUT2D eigenvalue weighted by Crippen LogP contribution is 2.35. The number of hydrogen-bond acceptors (Lipinski definition) is 6. The van der Waals surface area contributed by atoms with Crippen molar-refractivity contribution in [2.45, 2.75) is 25.3 Å². The Bertz CT molecular complexity index is 1220. The Balaban J connectivity index is 1.39. The fraction of sp³-hybridized carbons (Fsp3) is 0.407. The van der Waals surface area contributed by atoms with E-state index in [1.165, 1.54) is 24.5 Å². The molecule has 196 valence electrons. The smallest absolute Gasteiger partial charge is 0.194 e. The minimum Gasteiger partial charge on any atom is -0.383 e. The number of aromatic nitrogens is 2. The Kier molecular flexibility index (Phi) is 7.57. The molecule has 3 aromatic rings.